The minimum Gasteiger partial charge on any atom is -0.492 e. The first-order chi connectivity index (χ1) is 15.4. The van der Waals surface area contributed by atoms with Crippen LogP contribution in [0.5, 0.6) is 5.75 Å². The van der Waals surface area contributed by atoms with Crippen molar-refractivity contribution in [2.45, 2.75) is 6.04 Å². The highest BCUT2D eigenvalue weighted by atomic mass is 19.2. The predicted octanol–water partition coefficient (Wildman–Crippen LogP) is 2.64. The van der Waals surface area contributed by atoms with Gasteiger partial charge in [-0.05, 0) is 48.2 Å². The average Bonchev–Trinajstić information content (AvgIpc) is 3.34. The first kappa shape index (κ1) is 22.0. The normalized spacial score (nSPS) is 21.1. The number of carbonyl (C=O) groups is 1. The third kappa shape index (κ3) is 5.15. The second kappa shape index (κ2) is 9.51. The van der Waals surface area contributed by atoms with E-state index in [1.807, 2.05) is 0 Å². The topological polar surface area (TPSA) is 94.6 Å². The molecule has 9 heteroatoms. The summed E-state index contributed by atoms with van der Waals surface area (Å²) in [5, 5.41) is 11.5. The number of halogens is 2. The summed E-state index contributed by atoms with van der Waals surface area (Å²) in [5.41, 5.74) is 7.06. The monoisotopic (exact) mass is 441 g/mol. The number of anilines is 1. The SMILES string of the molecule is N#Cc1ccc(OC[C@@H](N)CN2CC3CN(C(=O)Nc4ccc(F)c(F)c4)CC3C2)cc1. The Kier molecular flexibility index (Phi) is 6.53. The maximum absolute atomic E-state index is 13.3. The van der Waals surface area contributed by atoms with Crippen molar-refractivity contribution in [3.63, 3.8) is 0 Å². The Labute approximate surface area is 185 Å². The van der Waals surface area contributed by atoms with E-state index in [0.29, 0.717) is 49.4 Å². The molecule has 3 atom stereocenters. The second-order valence-corrected chi connectivity index (χ2v) is 8.41. The molecule has 7 nitrogen and oxygen atoms in total. The molecule has 0 radical (unpaired) electrons. The minimum atomic E-state index is -0.990. The maximum atomic E-state index is 13.3. The van der Waals surface area contributed by atoms with Crippen molar-refractivity contribution in [1.29, 1.82) is 5.26 Å². The van der Waals surface area contributed by atoms with Gasteiger partial charge in [0.25, 0.3) is 0 Å². The van der Waals surface area contributed by atoms with E-state index in [0.717, 1.165) is 25.2 Å². The molecule has 2 fully saturated rings. The van der Waals surface area contributed by atoms with E-state index >= 15 is 0 Å². The number of nitrogens with zero attached hydrogens (tertiary/aromatic N) is 3. The van der Waals surface area contributed by atoms with Crippen LogP contribution >= 0.6 is 0 Å². The molecule has 2 aromatic carbocycles. The fraction of sp³-hybridized carbons (Fsp3) is 0.391. The molecule has 4 rings (SSSR count). The number of hydrogen-bond donors (Lipinski definition) is 2. The summed E-state index contributed by atoms with van der Waals surface area (Å²) in [6, 6.07) is 11.9. The molecular weight excluding hydrogens is 416 g/mol. The van der Waals surface area contributed by atoms with Crippen LogP contribution in [0, 0.1) is 34.8 Å². The van der Waals surface area contributed by atoms with Gasteiger partial charge in [-0.3, -0.25) is 0 Å². The molecule has 2 unspecified atom stereocenters. The lowest BCUT2D eigenvalue weighted by Gasteiger charge is -2.24. The number of ether oxygens (including phenoxy) is 1. The van der Waals surface area contributed by atoms with Crippen LogP contribution in [0.15, 0.2) is 42.5 Å². The van der Waals surface area contributed by atoms with Crippen molar-refractivity contribution in [1.82, 2.24) is 9.80 Å². The highest BCUT2D eigenvalue weighted by Gasteiger charge is 2.41. The molecule has 0 saturated carbocycles. The number of hydrogen-bond acceptors (Lipinski definition) is 5. The molecule has 0 bridgehead atoms. The summed E-state index contributed by atoms with van der Waals surface area (Å²) in [5.74, 6) is -0.536. The first-order valence-corrected chi connectivity index (χ1v) is 10.5. The van der Waals surface area contributed by atoms with Crippen LogP contribution in [0.25, 0.3) is 0 Å². The molecule has 32 heavy (non-hydrogen) atoms. The summed E-state index contributed by atoms with van der Waals surface area (Å²) in [4.78, 5) is 16.5. The summed E-state index contributed by atoms with van der Waals surface area (Å²) < 4.78 is 32.1. The largest absolute Gasteiger partial charge is 0.492 e. The lowest BCUT2D eigenvalue weighted by molar-refractivity contribution is 0.204. The average molecular weight is 441 g/mol. The molecule has 2 heterocycles. The van der Waals surface area contributed by atoms with Crippen molar-refractivity contribution in [3.05, 3.63) is 59.7 Å². The standard InChI is InChI=1S/C23H25F2N5O2/c24-21-6-3-19(7-22(21)25)28-23(31)30-11-16-9-29(10-17(16)12-30)13-18(27)14-32-20-4-1-15(8-26)2-5-20/h1-7,16-18H,9-14,27H2,(H,28,31)/t16?,17?,18-/m0/s1. The number of nitrogens with two attached hydrogens (primary N) is 1. The fourth-order valence-corrected chi connectivity index (χ4v) is 4.39. The van der Waals surface area contributed by atoms with E-state index in [1.165, 1.54) is 6.07 Å². The van der Waals surface area contributed by atoms with Gasteiger partial charge >= 0.3 is 6.03 Å². The molecule has 2 aromatic rings. The molecule has 0 aromatic heterocycles. The van der Waals surface area contributed by atoms with Crippen LogP contribution in [-0.4, -0.2) is 61.2 Å². The number of urea groups is 1. The Hall–Kier alpha value is -3.22. The van der Waals surface area contributed by atoms with Crippen molar-refractivity contribution in [2.75, 3.05) is 44.6 Å². The molecule has 2 saturated heterocycles. The lowest BCUT2D eigenvalue weighted by atomic mass is 10.0. The van der Waals surface area contributed by atoms with Crippen molar-refractivity contribution in [2.24, 2.45) is 17.6 Å². The number of carbonyl (C=O) groups excluding carboxylic acids is 1. The smallest absolute Gasteiger partial charge is 0.321 e. The molecular formula is C23H25F2N5O2. The third-order valence-corrected chi connectivity index (χ3v) is 5.96. The third-order valence-electron chi connectivity index (χ3n) is 5.96. The molecule has 2 amide bonds. The zero-order chi connectivity index (χ0) is 22.7. The molecule has 3 N–H and O–H groups in total. The van der Waals surface area contributed by atoms with Gasteiger partial charge in [0.15, 0.2) is 11.6 Å². The first-order valence-electron chi connectivity index (χ1n) is 10.5. The van der Waals surface area contributed by atoms with Crippen LogP contribution in [0.1, 0.15) is 5.56 Å². The highest BCUT2D eigenvalue weighted by Crippen LogP contribution is 2.31. The molecule has 2 aliphatic heterocycles. The number of fused-ring (bicyclic) bond motifs is 1. The Morgan fingerprint density at radius 3 is 2.44 bits per heavy atom. The molecule has 0 aliphatic carbocycles. The van der Waals surface area contributed by atoms with Crippen molar-refractivity contribution >= 4 is 11.7 Å². The van der Waals surface area contributed by atoms with Gasteiger partial charge in [-0.15, -0.1) is 0 Å². The number of likely N-dealkylation sites (tertiary alicyclic amines) is 2. The molecule has 2 aliphatic rings. The van der Waals surface area contributed by atoms with Crippen LogP contribution in [-0.2, 0) is 0 Å². The van der Waals surface area contributed by atoms with Gasteiger partial charge in [0.2, 0.25) is 0 Å². The van der Waals surface area contributed by atoms with Crippen LogP contribution < -0.4 is 15.8 Å². The summed E-state index contributed by atoms with van der Waals surface area (Å²) >= 11 is 0. The number of nitrogens with one attached hydrogen (secondary N) is 1. The van der Waals surface area contributed by atoms with E-state index in [1.54, 1.807) is 29.2 Å². The van der Waals surface area contributed by atoms with E-state index in [-0.39, 0.29) is 17.8 Å². The zero-order valence-electron chi connectivity index (χ0n) is 17.5. The lowest BCUT2D eigenvalue weighted by Crippen LogP contribution is -2.42. The van der Waals surface area contributed by atoms with E-state index < -0.39 is 11.6 Å². The van der Waals surface area contributed by atoms with Gasteiger partial charge in [-0.1, -0.05) is 0 Å². The van der Waals surface area contributed by atoms with E-state index in [9.17, 15) is 13.6 Å². The van der Waals surface area contributed by atoms with Crippen LogP contribution in [0.3, 0.4) is 0 Å². The Balaban J connectivity index is 1.20. The number of amides is 2. The van der Waals surface area contributed by atoms with Crippen LogP contribution in [0.4, 0.5) is 19.3 Å². The zero-order valence-corrected chi connectivity index (χ0v) is 17.5. The molecule has 0 spiro atoms. The Morgan fingerprint density at radius 1 is 1.12 bits per heavy atom. The van der Waals surface area contributed by atoms with Crippen molar-refractivity contribution in [3.8, 4) is 11.8 Å². The Bertz CT molecular complexity index is 996. The quantitative estimate of drug-likeness (QED) is 0.719. The predicted molar refractivity (Wildman–Crippen MR) is 115 cm³/mol. The fourth-order valence-electron chi connectivity index (χ4n) is 4.39. The van der Waals surface area contributed by atoms with Gasteiger partial charge in [0, 0.05) is 44.5 Å². The number of benzene rings is 2. The van der Waals surface area contributed by atoms with Gasteiger partial charge in [0.05, 0.1) is 17.7 Å². The molecule has 168 valence electrons. The summed E-state index contributed by atoms with van der Waals surface area (Å²) in [6.45, 7) is 4.01. The van der Waals surface area contributed by atoms with Crippen molar-refractivity contribution < 1.29 is 18.3 Å². The van der Waals surface area contributed by atoms with Gasteiger partial charge in [-0.25, -0.2) is 13.6 Å². The van der Waals surface area contributed by atoms with Crippen LogP contribution in [0.2, 0.25) is 0 Å². The van der Waals surface area contributed by atoms with E-state index in [4.69, 9.17) is 15.7 Å². The maximum Gasteiger partial charge on any atom is 0.321 e. The Morgan fingerprint density at radius 2 is 1.81 bits per heavy atom. The van der Waals surface area contributed by atoms with Gasteiger partial charge in [0.1, 0.15) is 12.4 Å². The van der Waals surface area contributed by atoms with Gasteiger partial charge < -0.3 is 25.6 Å². The highest BCUT2D eigenvalue weighted by molar-refractivity contribution is 5.89. The minimum absolute atomic E-state index is 0.155. The summed E-state index contributed by atoms with van der Waals surface area (Å²) in [7, 11) is 0. The number of rotatable bonds is 6. The second-order valence-electron chi connectivity index (χ2n) is 8.41. The number of nitriles is 1. The summed E-state index contributed by atoms with van der Waals surface area (Å²) in [6.07, 6.45) is 0. The van der Waals surface area contributed by atoms with E-state index in [2.05, 4.69) is 16.3 Å². The van der Waals surface area contributed by atoms with Gasteiger partial charge in [-0.2, -0.15) is 5.26 Å².